The van der Waals surface area contributed by atoms with Crippen LogP contribution in [0.5, 0.6) is 0 Å². The summed E-state index contributed by atoms with van der Waals surface area (Å²) in [6, 6.07) is 0. The zero-order chi connectivity index (χ0) is 14.8. The SMILES string of the molecule is C[C@]12CC[C@H](O)CC1CC[C@@H]1[C@@H]2CC[C@]2(C)C(=O)C=C[C@@H]12. The molecule has 7 atom stereocenters. The summed E-state index contributed by atoms with van der Waals surface area (Å²) in [7, 11) is 0. The van der Waals surface area contributed by atoms with Gasteiger partial charge in [0.25, 0.3) is 0 Å². The molecule has 0 spiro atoms. The highest BCUT2D eigenvalue weighted by Crippen LogP contribution is 2.64. The Labute approximate surface area is 128 Å². The topological polar surface area (TPSA) is 37.3 Å². The van der Waals surface area contributed by atoms with Crippen LogP contribution in [0.25, 0.3) is 0 Å². The third-order valence-electron chi connectivity index (χ3n) is 7.91. The van der Waals surface area contributed by atoms with Crippen LogP contribution in [0.15, 0.2) is 12.2 Å². The summed E-state index contributed by atoms with van der Waals surface area (Å²) in [5.41, 5.74) is 0.307. The minimum Gasteiger partial charge on any atom is -0.393 e. The van der Waals surface area contributed by atoms with Gasteiger partial charge in [-0.3, -0.25) is 4.79 Å². The molecule has 0 aromatic heterocycles. The molecule has 3 fully saturated rings. The van der Waals surface area contributed by atoms with Gasteiger partial charge in [0, 0.05) is 5.41 Å². The van der Waals surface area contributed by atoms with Crippen molar-refractivity contribution in [1.82, 2.24) is 0 Å². The van der Waals surface area contributed by atoms with Crippen LogP contribution in [0.3, 0.4) is 0 Å². The lowest BCUT2D eigenvalue weighted by Gasteiger charge is -2.59. The zero-order valence-electron chi connectivity index (χ0n) is 13.3. The van der Waals surface area contributed by atoms with Crippen molar-refractivity contribution in [2.24, 2.45) is 34.5 Å². The molecule has 4 aliphatic rings. The van der Waals surface area contributed by atoms with E-state index in [2.05, 4.69) is 19.9 Å². The molecule has 21 heavy (non-hydrogen) atoms. The molecular weight excluding hydrogens is 260 g/mol. The Morgan fingerprint density at radius 2 is 1.95 bits per heavy atom. The van der Waals surface area contributed by atoms with E-state index in [0.29, 0.717) is 29.0 Å². The first-order chi connectivity index (χ1) is 9.95. The van der Waals surface area contributed by atoms with Crippen molar-refractivity contribution in [3.63, 3.8) is 0 Å². The second-order valence-electron chi connectivity index (χ2n) is 8.68. The molecule has 1 N–H and O–H groups in total. The van der Waals surface area contributed by atoms with Gasteiger partial charge in [0.2, 0.25) is 0 Å². The van der Waals surface area contributed by atoms with Crippen molar-refractivity contribution >= 4 is 5.78 Å². The number of allylic oxidation sites excluding steroid dienone is 2. The van der Waals surface area contributed by atoms with Crippen LogP contribution < -0.4 is 0 Å². The summed E-state index contributed by atoms with van der Waals surface area (Å²) in [6.07, 6.45) is 12.0. The van der Waals surface area contributed by atoms with E-state index in [1.54, 1.807) is 0 Å². The second kappa shape index (κ2) is 4.44. The molecule has 4 rings (SSSR count). The maximum Gasteiger partial charge on any atom is 0.161 e. The number of fused-ring (bicyclic) bond motifs is 5. The van der Waals surface area contributed by atoms with Gasteiger partial charge in [0.05, 0.1) is 6.10 Å². The lowest BCUT2D eigenvalue weighted by Crippen LogP contribution is -2.54. The summed E-state index contributed by atoms with van der Waals surface area (Å²) in [6.45, 7) is 4.69. The van der Waals surface area contributed by atoms with Gasteiger partial charge in [-0.05, 0) is 80.1 Å². The molecule has 0 saturated heterocycles. The largest absolute Gasteiger partial charge is 0.393 e. The lowest BCUT2D eigenvalue weighted by atomic mass is 9.45. The maximum atomic E-state index is 12.3. The van der Waals surface area contributed by atoms with Crippen molar-refractivity contribution in [3.8, 4) is 0 Å². The van der Waals surface area contributed by atoms with Crippen LogP contribution in [-0.2, 0) is 4.79 Å². The van der Waals surface area contributed by atoms with Gasteiger partial charge in [-0.15, -0.1) is 0 Å². The average Bonchev–Trinajstić information content (AvgIpc) is 2.76. The first-order valence-corrected chi connectivity index (χ1v) is 8.86. The molecule has 0 aromatic carbocycles. The fourth-order valence-electron chi connectivity index (χ4n) is 6.51. The molecule has 4 aliphatic carbocycles. The van der Waals surface area contributed by atoms with E-state index < -0.39 is 0 Å². The molecule has 0 heterocycles. The maximum absolute atomic E-state index is 12.3. The minimum absolute atomic E-state index is 0.0681. The van der Waals surface area contributed by atoms with Crippen molar-refractivity contribution in [1.29, 1.82) is 0 Å². The van der Waals surface area contributed by atoms with E-state index in [1.807, 2.05) is 6.08 Å². The number of carbonyl (C=O) groups excluding carboxylic acids is 1. The van der Waals surface area contributed by atoms with E-state index >= 15 is 0 Å². The summed E-state index contributed by atoms with van der Waals surface area (Å²) in [5.74, 6) is 3.01. The second-order valence-corrected chi connectivity index (χ2v) is 8.68. The molecule has 116 valence electrons. The molecular formula is C19H28O2. The van der Waals surface area contributed by atoms with Crippen molar-refractivity contribution in [3.05, 3.63) is 12.2 Å². The Morgan fingerprint density at radius 1 is 1.14 bits per heavy atom. The molecule has 0 radical (unpaired) electrons. The zero-order valence-corrected chi connectivity index (χ0v) is 13.3. The van der Waals surface area contributed by atoms with E-state index in [4.69, 9.17) is 0 Å². The van der Waals surface area contributed by atoms with E-state index in [-0.39, 0.29) is 11.5 Å². The number of carbonyl (C=O) groups is 1. The van der Waals surface area contributed by atoms with Gasteiger partial charge in [-0.1, -0.05) is 19.9 Å². The Bertz CT molecular complexity index is 496. The summed E-state index contributed by atoms with van der Waals surface area (Å²) < 4.78 is 0. The van der Waals surface area contributed by atoms with Gasteiger partial charge < -0.3 is 5.11 Å². The van der Waals surface area contributed by atoms with Crippen LogP contribution in [0.2, 0.25) is 0 Å². The van der Waals surface area contributed by atoms with Crippen LogP contribution in [0.1, 0.15) is 58.8 Å². The Kier molecular flexibility index (Phi) is 2.96. The van der Waals surface area contributed by atoms with Crippen LogP contribution in [0.4, 0.5) is 0 Å². The number of rotatable bonds is 0. The number of aliphatic hydroxyl groups excluding tert-OH is 1. The van der Waals surface area contributed by atoms with Gasteiger partial charge in [-0.25, -0.2) is 0 Å². The Hall–Kier alpha value is -0.630. The third kappa shape index (κ3) is 1.78. The minimum atomic E-state index is -0.0987. The quantitative estimate of drug-likeness (QED) is 0.737. The highest BCUT2D eigenvalue weighted by Gasteiger charge is 2.58. The van der Waals surface area contributed by atoms with E-state index in [1.165, 1.54) is 25.7 Å². The van der Waals surface area contributed by atoms with Gasteiger partial charge in [-0.2, -0.15) is 0 Å². The predicted molar refractivity (Wildman–Crippen MR) is 82.6 cm³/mol. The number of hydrogen-bond donors (Lipinski definition) is 1. The van der Waals surface area contributed by atoms with Gasteiger partial charge in [0.1, 0.15) is 0 Å². The number of ketones is 1. The fourth-order valence-corrected chi connectivity index (χ4v) is 6.51. The molecule has 0 aromatic rings. The first kappa shape index (κ1) is 14.0. The van der Waals surface area contributed by atoms with Crippen molar-refractivity contribution in [2.75, 3.05) is 0 Å². The molecule has 0 amide bonds. The van der Waals surface area contributed by atoms with Gasteiger partial charge in [0.15, 0.2) is 5.78 Å². The van der Waals surface area contributed by atoms with Crippen LogP contribution in [-0.4, -0.2) is 17.0 Å². The molecule has 1 unspecified atom stereocenters. The van der Waals surface area contributed by atoms with Crippen molar-refractivity contribution < 1.29 is 9.90 Å². The standard InChI is InChI=1S/C19H28O2/c1-18-9-7-13(20)11-12(18)3-4-14-15-5-6-17(21)19(15,2)10-8-16(14)18/h5-6,12-16,20H,3-4,7-11H2,1-2H3/t12?,13-,14-,15-,16-,18-,19-/m0/s1. The summed E-state index contributed by atoms with van der Waals surface area (Å²) in [4.78, 5) is 12.3. The third-order valence-corrected chi connectivity index (χ3v) is 7.91. The first-order valence-electron chi connectivity index (χ1n) is 8.86. The highest BCUT2D eigenvalue weighted by molar-refractivity contribution is 5.97. The van der Waals surface area contributed by atoms with Gasteiger partial charge >= 0.3 is 0 Å². The summed E-state index contributed by atoms with van der Waals surface area (Å²) >= 11 is 0. The number of aliphatic hydroxyl groups is 1. The molecule has 2 heteroatoms. The summed E-state index contributed by atoms with van der Waals surface area (Å²) in [5, 5.41) is 10.0. The Morgan fingerprint density at radius 3 is 2.76 bits per heavy atom. The normalized spacial score (nSPS) is 55.8. The van der Waals surface area contributed by atoms with E-state index in [0.717, 1.165) is 25.2 Å². The average molecular weight is 288 g/mol. The lowest BCUT2D eigenvalue weighted by molar-refractivity contribution is -0.139. The van der Waals surface area contributed by atoms with Crippen LogP contribution >= 0.6 is 0 Å². The molecule has 3 saturated carbocycles. The van der Waals surface area contributed by atoms with Crippen LogP contribution in [0, 0.1) is 34.5 Å². The van der Waals surface area contributed by atoms with Crippen molar-refractivity contribution in [2.45, 2.75) is 64.9 Å². The molecule has 0 aliphatic heterocycles. The Balaban J connectivity index is 1.65. The van der Waals surface area contributed by atoms with E-state index in [9.17, 15) is 9.90 Å². The molecule has 2 nitrogen and oxygen atoms in total. The predicted octanol–water partition coefficient (Wildman–Crippen LogP) is 3.74. The molecule has 0 bridgehead atoms. The fraction of sp³-hybridized carbons (Fsp3) is 0.842. The smallest absolute Gasteiger partial charge is 0.161 e. The number of hydrogen-bond acceptors (Lipinski definition) is 2. The monoisotopic (exact) mass is 288 g/mol. The highest BCUT2D eigenvalue weighted by atomic mass is 16.3.